The van der Waals surface area contributed by atoms with Gasteiger partial charge >= 0.3 is 6.18 Å². The molecule has 0 amide bonds. The zero-order chi connectivity index (χ0) is 13.3. The van der Waals surface area contributed by atoms with Crippen LogP contribution < -0.4 is 10.6 Å². The lowest BCUT2D eigenvalue weighted by Crippen LogP contribution is -2.28. The van der Waals surface area contributed by atoms with E-state index in [1.807, 2.05) is 11.8 Å². The Balaban J connectivity index is 2.46. The van der Waals surface area contributed by atoms with Crippen molar-refractivity contribution in [2.75, 3.05) is 11.4 Å². The van der Waals surface area contributed by atoms with E-state index in [-0.39, 0.29) is 18.3 Å². The summed E-state index contributed by atoms with van der Waals surface area (Å²) in [5.41, 5.74) is 5.64. The summed E-state index contributed by atoms with van der Waals surface area (Å²) in [6, 6.07) is 4.55. The maximum atomic E-state index is 13.1. The van der Waals surface area contributed by atoms with Crippen molar-refractivity contribution in [2.45, 2.75) is 38.5 Å². The molecule has 1 aliphatic rings. The zero-order valence-corrected chi connectivity index (χ0v) is 10.3. The Bertz CT molecular complexity index is 429. The van der Waals surface area contributed by atoms with Gasteiger partial charge < -0.3 is 10.6 Å². The summed E-state index contributed by atoms with van der Waals surface area (Å²) in [6.07, 6.45) is -2.45. The number of alkyl halides is 3. The fraction of sp³-hybridized carbons (Fsp3) is 0.538. The van der Waals surface area contributed by atoms with Crippen molar-refractivity contribution in [1.29, 1.82) is 0 Å². The summed E-state index contributed by atoms with van der Waals surface area (Å²) in [5, 5.41) is 0. The quantitative estimate of drug-likeness (QED) is 0.883. The highest BCUT2D eigenvalue weighted by atomic mass is 19.4. The van der Waals surface area contributed by atoms with Crippen LogP contribution in [0, 0.1) is 0 Å². The standard InChI is InChI=1S/C13H17F3N2/c1-9-3-2-6-18(9)12-5-4-10(8-17)7-11(12)13(14,15)16/h4-5,7,9H,2-3,6,8,17H2,1H3. The van der Waals surface area contributed by atoms with Crippen molar-refractivity contribution >= 4 is 5.69 Å². The normalized spacial score (nSPS) is 20.5. The van der Waals surface area contributed by atoms with E-state index in [1.165, 1.54) is 6.07 Å². The van der Waals surface area contributed by atoms with Gasteiger partial charge in [-0.1, -0.05) is 6.07 Å². The molecule has 100 valence electrons. The summed E-state index contributed by atoms with van der Waals surface area (Å²) in [6.45, 7) is 2.77. The molecule has 2 N–H and O–H groups in total. The Labute approximate surface area is 105 Å². The first-order valence-corrected chi connectivity index (χ1v) is 6.10. The third-order valence-electron chi connectivity index (χ3n) is 3.46. The fourth-order valence-corrected chi connectivity index (χ4v) is 2.48. The number of rotatable bonds is 2. The molecular weight excluding hydrogens is 241 g/mol. The van der Waals surface area contributed by atoms with Crippen molar-refractivity contribution in [3.8, 4) is 0 Å². The second-order valence-corrected chi connectivity index (χ2v) is 4.74. The van der Waals surface area contributed by atoms with Crippen molar-refractivity contribution < 1.29 is 13.2 Å². The Morgan fingerprint density at radius 1 is 1.39 bits per heavy atom. The third-order valence-corrected chi connectivity index (χ3v) is 3.46. The van der Waals surface area contributed by atoms with Gasteiger partial charge in [-0.15, -0.1) is 0 Å². The fourth-order valence-electron chi connectivity index (χ4n) is 2.48. The van der Waals surface area contributed by atoms with Crippen LogP contribution in [0.25, 0.3) is 0 Å². The smallest absolute Gasteiger partial charge is 0.368 e. The summed E-state index contributed by atoms with van der Waals surface area (Å²) in [4.78, 5) is 1.84. The van der Waals surface area contributed by atoms with E-state index in [4.69, 9.17) is 5.73 Å². The monoisotopic (exact) mass is 258 g/mol. The molecule has 0 spiro atoms. The molecule has 1 aromatic carbocycles. The average molecular weight is 258 g/mol. The maximum Gasteiger partial charge on any atom is 0.418 e. The molecule has 1 saturated heterocycles. The minimum absolute atomic E-state index is 0.124. The first-order chi connectivity index (χ1) is 8.43. The lowest BCUT2D eigenvalue weighted by atomic mass is 10.1. The number of benzene rings is 1. The van der Waals surface area contributed by atoms with E-state index in [2.05, 4.69) is 0 Å². The Morgan fingerprint density at radius 2 is 2.11 bits per heavy atom. The van der Waals surface area contributed by atoms with Gasteiger partial charge in [-0.05, 0) is 37.5 Å². The molecule has 1 fully saturated rings. The van der Waals surface area contributed by atoms with Gasteiger partial charge in [0, 0.05) is 24.8 Å². The number of hydrogen-bond acceptors (Lipinski definition) is 2. The molecule has 0 aromatic heterocycles. The maximum absolute atomic E-state index is 13.1. The van der Waals surface area contributed by atoms with Crippen LogP contribution in [0.4, 0.5) is 18.9 Å². The van der Waals surface area contributed by atoms with Crippen molar-refractivity contribution in [2.24, 2.45) is 5.73 Å². The highest BCUT2D eigenvalue weighted by molar-refractivity contribution is 5.57. The van der Waals surface area contributed by atoms with Crippen LogP contribution in [0.1, 0.15) is 30.9 Å². The second kappa shape index (κ2) is 4.80. The summed E-state index contributed by atoms with van der Waals surface area (Å²) < 4.78 is 39.2. The van der Waals surface area contributed by atoms with Gasteiger partial charge in [0.2, 0.25) is 0 Å². The summed E-state index contributed by atoms with van der Waals surface area (Å²) >= 11 is 0. The summed E-state index contributed by atoms with van der Waals surface area (Å²) in [7, 11) is 0. The molecule has 1 unspecified atom stereocenters. The van der Waals surface area contributed by atoms with Crippen LogP contribution in [0.15, 0.2) is 18.2 Å². The molecule has 5 heteroatoms. The molecule has 0 bridgehead atoms. The third kappa shape index (κ3) is 2.46. The van der Waals surface area contributed by atoms with E-state index in [0.29, 0.717) is 12.1 Å². The van der Waals surface area contributed by atoms with E-state index in [9.17, 15) is 13.2 Å². The molecule has 2 nitrogen and oxygen atoms in total. The molecule has 0 saturated carbocycles. The van der Waals surface area contributed by atoms with Gasteiger partial charge in [-0.3, -0.25) is 0 Å². The van der Waals surface area contributed by atoms with E-state index in [0.717, 1.165) is 12.8 Å². The molecule has 0 aliphatic carbocycles. The van der Waals surface area contributed by atoms with Crippen LogP contribution in [-0.4, -0.2) is 12.6 Å². The van der Waals surface area contributed by atoms with Gasteiger partial charge in [0.05, 0.1) is 5.56 Å². The van der Waals surface area contributed by atoms with Crippen LogP contribution in [0.2, 0.25) is 0 Å². The van der Waals surface area contributed by atoms with Gasteiger partial charge in [0.25, 0.3) is 0 Å². The lowest BCUT2D eigenvalue weighted by molar-refractivity contribution is -0.137. The van der Waals surface area contributed by atoms with Gasteiger partial charge in [0.15, 0.2) is 0 Å². The molecule has 0 radical (unpaired) electrons. The van der Waals surface area contributed by atoms with E-state index >= 15 is 0 Å². The number of nitrogens with zero attached hydrogens (tertiary/aromatic N) is 1. The predicted molar refractivity (Wildman–Crippen MR) is 65.4 cm³/mol. The number of halogens is 3. The minimum atomic E-state index is -4.33. The molecule has 2 rings (SSSR count). The van der Waals surface area contributed by atoms with Crippen molar-refractivity contribution in [3.05, 3.63) is 29.3 Å². The van der Waals surface area contributed by atoms with Crippen LogP contribution in [0.5, 0.6) is 0 Å². The van der Waals surface area contributed by atoms with Crippen LogP contribution >= 0.6 is 0 Å². The SMILES string of the molecule is CC1CCCN1c1ccc(CN)cc1C(F)(F)F. The van der Waals surface area contributed by atoms with Crippen LogP contribution in [0.3, 0.4) is 0 Å². The topological polar surface area (TPSA) is 29.3 Å². The highest BCUT2D eigenvalue weighted by Crippen LogP contribution is 2.39. The Hall–Kier alpha value is -1.23. The number of anilines is 1. The zero-order valence-electron chi connectivity index (χ0n) is 10.3. The molecule has 1 heterocycles. The van der Waals surface area contributed by atoms with E-state index < -0.39 is 11.7 Å². The molecule has 1 atom stereocenters. The largest absolute Gasteiger partial charge is 0.418 e. The van der Waals surface area contributed by atoms with Crippen molar-refractivity contribution in [3.63, 3.8) is 0 Å². The Kier molecular flexibility index (Phi) is 3.52. The predicted octanol–water partition coefficient (Wildman–Crippen LogP) is 3.15. The average Bonchev–Trinajstić information content (AvgIpc) is 2.73. The minimum Gasteiger partial charge on any atom is -0.368 e. The van der Waals surface area contributed by atoms with Gasteiger partial charge in [-0.25, -0.2) is 0 Å². The van der Waals surface area contributed by atoms with Crippen LogP contribution in [-0.2, 0) is 12.7 Å². The van der Waals surface area contributed by atoms with Crippen molar-refractivity contribution in [1.82, 2.24) is 0 Å². The Morgan fingerprint density at radius 3 is 2.61 bits per heavy atom. The first-order valence-electron chi connectivity index (χ1n) is 6.10. The molecular formula is C13H17F3N2. The molecule has 1 aliphatic heterocycles. The number of nitrogens with two attached hydrogens (primary N) is 1. The first kappa shape index (κ1) is 13.2. The second-order valence-electron chi connectivity index (χ2n) is 4.74. The van der Waals surface area contributed by atoms with Gasteiger partial charge in [0.1, 0.15) is 0 Å². The van der Waals surface area contributed by atoms with Gasteiger partial charge in [-0.2, -0.15) is 13.2 Å². The highest BCUT2D eigenvalue weighted by Gasteiger charge is 2.36. The number of hydrogen-bond donors (Lipinski definition) is 1. The van der Waals surface area contributed by atoms with E-state index in [1.54, 1.807) is 12.1 Å². The molecule has 18 heavy (non-hydrogen) atoms. The molecule has 1 aromatic rings. The lowest BCUT2D eigenvalue weighted by Gasteiger charge is -2.27. The summed E-state index contributed by atoms with van der Waals surface area (Å²) in [5.74, 6) is 0.